The average molecular weight is 266 g/mol. The maximum Gasteiger partial charge on any atom is 0.256 e. The van der Waals surface area contributed by atoms with Crippen LogP contribution in [0.5, 0.6) is 0 Å². The zero-order valence-electron chi connectivity index (χ0n) is 11.1. The summed E-state index contributed by atoms with van der Waals surface area (Å²) in [5.41, 5.74) is 6.72. The third kappa shape index (κ3) is 3.05. The van der Waals surface area contributed by atoms with Gasteiger partial charge in [0.25, 0.3) is 5.91 Å². The molecule has 0 aliphatic carbocycles. The molecule has 1 aliphatic heterocycles. The van der Waals surface area contributed by atoms with Crippen molar-refractivity contribution in [1.29, 1.82) is 0 Å². The van der Waals surface area contributed by atoms with Crippen LogP contribution in [-0.2, 0) is 6.42 Å². The molecule has 3 nitrogen and oxygen atoms in total. The zero-order chi connectivity index (χ0) is 13.0. The maximum atomic E-state index is 12.4. The lowest BCUT2D eigenvalue weighted by Gasteiger charge is -2.26. The molecule has 1 amide bonds. The van der Waals surface area contributed by atoms with E-state index >= 15 is 0 Å². The minimum Gasteiger partial charge on any atom is -0.390 e. The van der Waals surface area contributed by atoms with Crippen molar-refractivity contribution in [2.45, 2.75) is 45.4 Å². The number of aryl methyl sites for hydroxylation is 1. The lowest BCUT2D eigenvalue weighted by molar-refractivity contribution is 0.0726. The van der Waals surface area contributed by atoms with Crippen LogP contribution in [0.15, 0.2) is 6.07 Å². The van der Waals surface area contributed by atoms with Crippen LogP contribution in [0.4, 0.5) is 5.00 Å². The van der Waals surface area contributed by atoms with Crippen LogP contribution in [0.1, 0.15) is 54.3 Å². The van der Waals surface area contributed by atoms with Gasteiger partial charge in [0.1, 0.15) is 0 Å². The number of amides is 1. The second-order valence-corrected chi connectivity index (χ2v) is 6.12. The molecule has 1 saturated heterocycles. The number of nitrogen functional groups attached to an aromatic ring is 1. The number of hydrogen-bond donors (Lipinski definition) is 1. The summed E-state index contributed by atoms with van der Waals surface area (Å²) in [6.07, 6.45) is 6.87. The molecule has 1 fully saturated rings. The minimum atomic E-state index is 0.131. The van der Waals surface area contributed by atoms with E-state index in [2.05, 4.69) is 6.92 Å². The first-order valence-corrected chi connectivity index (χ1v) is 7.71. The van der Waals surface area contributed by atoms with Crippen LogP contribution >= 0.6 is 11.3 Å². The van der Waals surface area contributed by atoms with Crippen LogP contribution in [0.2, 0.25) is 0 Å². The van der Waals surface area contributed by atoms with Crippen LogP contribution in [-0.4, -0.2) is 23.9 Å². The van der Waals surface area contributed by atoms with Gasteiger partial charge in [-0.1, -0.05) is 13.3 Å². The van der Waals surface area contributed by atoms with Crippen LogP contribution in [0.3, 0.4) is 0 Å². The highest BCUT2D eigenvalue weighted by Gasteiger charge is 2.21. The lowest BCUT2D eigenvalue weighted by atomic mass is 10.1. The first-order chi connectivity index (χ1) is 8.72. The van der Waals surface area contributed by atoms with Crippen molar-refractivity contribution in [2.24, 2.45) is 0 Å². The topological polar surface area (TPSA) is 46.3 Å². The molecule has 2 rings (SSSR count). The summed E-state index contributed by atoms with van der Waals surface area (Å²) in [6.45, 7) is 3.95. The molecule has 1 aliphatic rings. The molecule has 1 aromatic heterocycles. The Morgan fingerprint density at radius 1 is 1.39 bits per heavy atom. The highest BCUT2D eigenvalue weighted by atomic mass is 32.1. The second kappa shape index (κ2) is 6.23. The smallest absolute Gasteiger partial charge is 0.256 e. The Hall–Kier alpha value is -1.03. The van der Waals surface area contributed by atoms with E-state index < -0.39 is 0 Å². The molecule has 0 saturated carbocycles. The van der Waals surface area contributed by atoms with E-state index in [4.69, 9.17) is 5.73 Å². The Labute approximate surface area is 113 Å². The van der Waals surface area contributed by atoms with E-state index in [0.29, 0.717) is 5.00 Å². The Balaban J connectivity index is 2.06. The van der Waals surface area contributed by atoms with Crippen molar-refractivity contribution in [3.8, 4) is 0 Å². The SMILES string of the molecule is CCCCc1cc(C(=O)N2CCCCC2)c(N)s1. The summed E-state index contributed by atoms with van der Waals surface area (Å²) in [5, 5.41) is 0.691. The van der Waals surface area contributed by atoms with Crippen LogP contribution < -0.4 is 5.73 Å². The molecular weight excluding hydrogens is 244 g/mol. The summed E-state index contributed by atoms with van der Waals surface area (Å²) in [5.74, 6) is 0.131. The second-order valence-electron chi connectivity index (χ2n) is 4.95. The van der Waals surface area contributed by atoms with Gasteiger partial charge >= 0.3 is 0 Å². The van der Waals surface area contributed by atoms with Gasteiger partial charge in [-0.2, -0.15) is 0 Å². The molecule has 100 valence electrons. The van der Waals surface area contributed by atoms with E-state index in [-0.39, 0.29) is 5.91 Å². The molecule has 18 heavy (non-hydrogen) atoms. The fourth-order valence-electron chi connectivity index (χ4n) is 2.37. The van der Waals surface area contributed by atoms with Crippen LogP contribution in [0.25, 0.3) is 0 Å². The number of hydrogen-bond acceptors (Lipinski definition) is 3. The molecule has 2 heterocycles. The van der Waals surface area contributed by atoms with Gasteiger partial charge in [-0.05, 0) is 38.2 Å². The van der Waals surface area contributed by atoms with Crippen molar-refractivity contribution < 1.29 is 4.79 Å². The number of carbonyl (C=O) groups is 1. The lowest BCUT2D eigenvalue weighted by Crippen LogP contribution is -2.35. The maximum absolute atomic E-state index is 12.4. The summed E-state index contributed by atoms with van der Waals surface area (Å²) >= 11 is 1.58. The third-order valence-corrected chi connectivity index (χ3v) is 4.49. The summed E-state index contributed by atoms with van der Waals surface area (Å²) in [7, 11) is 0. The zero-order valence-corrected chi connectivity index (χ0v) is 11.9. The fourth-order valence-corrected chi connectivity index (χ4v) is 3.33. The van der Waals surface area contributed by atoms with E-state index in [1.54, 1.807) is 11.3 Å². The quantitative estimate of drug-likeness (QED) is 0.909. The number of unbranched alkanes of at least 4 members (excludes halogenated alkanes) is 1. The number of thiophene rings is 1. The molecule has 4 heteroatoms. The first kappa shape index (κ1) is 13.4. The number of nitrogens with two attached hydrogens (primary N) is 1. The first-order valence-electron chi connectivity index (χ1n) is 6.90. The van der Waals surface area contributed by atoms with Crippen molar-refractivity contribution in [2.75, 3.05) is 18.8 Å². The van der Waals surface area contributed by atoms with E-state index in [1.807, 2.05) is 11.0 Å². The summed E-state index contributed by atoms with van der Waals surface area (Å²) < 4.78 is 0. The minimum absolute atomic E-state index is 0.131. The standard InChI is InChI=1S/C14H22N2OS/c1-2-3-7-11-10-12(13(15)18-11)14(17)16-8-5-4-6-9-16/h10H,2-9,15H2,1H3. The van der Waals surface area contributed by atoms with E-state index in [0.717, 1.165) is 44.3 Å². The molecule has 2 N–H and O–H groups in total. The molecule has 0 aromatic carbocycles. The average Bonchev–Trinajstić information content (AvgIpc) is 2.78. The van der Waals surface area contributed by atoms with Gasteiger partial charge in [-0.3, -0.25) is 4.79 Å². The molecule has 0 radical (unpaired) electrons. The Morgan fingerprint density at radius 2 is 2.11 bits per heavy atom. The predicted molar refractivity (Wildman–Crippen MR) is 77.1 cm³/mol. The van der Waals surface area contributed by atoms with Crippen molar-refractivity contribution >= 4 is 22.2 Å². The summed E-state index contributed by atoms with van der Waals surface area (Å²) in [6, 6.07) is 2.01. The Bertz CT molecular complexity index is 408. The number of anilines is 1. The number of nitrogens with zero attached hydrogens (tertiary/aromatic N) is 1. The van der Waals surface area contributed by atoms with Gasteiger partial charge in [0, 0.05) is 18.0 Å². The van der Waals surface area contributed by atoms with Gasteiger partial charge in [0.15, 0.2) is 0 Å². The molecule has 0 unspecified atom stereocenters. The highest BCUT2D eigenvalue weighted by molar-refractivity contribution is 7.16. The number of likely N-dealkylation sites (tertiary alicyclic amines) is 1. The normalized spacial score (nSPS) is 15.9. The molecule has 1 aromatic rings. The van der Waals surface area contributed by atoms with Crippen molar-refractivity contribution in [3.05, 3.63) is 16.5 Å². The van der Waals surface area contributed by atoms with Crippen molar-refractivity contribution in [1.82, 2.24) is 4.90 Å². The van der Waals surface area contributed by atoms with Crippen LogP contribution in [0, 0.1) is 0 Å². The highest BCUT2D eigenvalue weighted by Crippen LogP contribution is 2.28. The molecule has 0 spiro atoms. The largest absolute Gasteiger partial charge is 0.390 e. The number of carbonyl (C=O) groups excluding carboxylic acids is 1. The van der Waals surface area contributed by atoms with E-state index in [9.17, 15) is 4.79 Å². The Kier molecular flexibility index (Phi) is 4.64. The van der Waals surface area contributed by atoms with Crippen molar-refractivity contribution in [3.63, 3.8) is 0 Å². The summed E-state index contributed by atoms with van der Waals surface area (Å²) in [4.78, 5) is 15.6. The molecular formula is C14H22N2OS. The number of piperidine rings is 1. The Morgan fingerprint density at radius 3 is 2.78 bits per heavy atom. The predicted octanol–water partition coefficient (Wildman–Crippen LogP) is 3.30. The fraction of sp³-hybridized carbons (Fsp3) is 0.643. The molecule has 0 bridgehead atoms. The van der Waals surface area contributed by atoms with Gasteiger partial charge in [-0.15, -0.1) is 11.3 Å². The number of rotatable bonds is 4. The monoisotopic (exact) mass is 266 g/mol. The van der Waals surface area contributed by atoms with Gasteiger partial charge in [-0.25, -0.2) is 0 Å². The van der Waals surface area contributed by atoms with Gasteiger partial charge < -0.3 is 10.6 Å². The van der Waals surface area contributed by atoms with E-state index in [1.165, 1.54) is 17.7 Å². The third-order valence-electron chi connectivity index (χ3n) is 3.46. The van der Waals surface area contributed by atoms with Gasteiger partial charge in [0.05, 0.1) is 10.6 Å². The molecule has 0 atom stereocenters. The van der Waals surface area contributed by atoms with Gasteiger partial charge in [0.2, 0.25) is 0 Å².